The van der Waals surface area contributed by atoms with Gasteiger partial charge in [0.05, 0.1) is 11.3 Å². The normalized spacial score (nSPS) is 13.6. The molecule has 1 aromatic carbocycles. The third-order valence-corrected chi connectivity index (χ3v) is 5.89. The maximum absolute atomic E-state index is 13.0. The van der Waals surface area contributed by atoms with Gasteiger partial charge < -0.3 is 14.8 Å². The highest BCUT2D eigenvalue weighted by molar-refractivity contribution is 5.99. The average Bonchev–Trinajstić information content (AvgIpc) is 3.53. The van der Waals surface area contributed by atoms with Crippen LogP contribution in [0.5, 0.6) is 0 Å². The van der Waals surface area contributed by atoms with Gasteiger partial charge in [-0.3, -0.25) is 9.78 Å². The number of benzene rings is 1. The van der Waals surface area contributed by atoms with Crippen molar-refractivity contribution in [2.45, 2.75) is 25.8 Å². The standard InChI is InChI=1S/C25H26N6O/c32-24(27-12-6-15-30-16-10-19-7-1-2-9-22(19)30)21-18-28-25(31-13-3-4-14-31)29-23(21)20-8-5-11-26-17-20/h1-2,5,7-11,16-18H,3-4,6,12-15H2,(H,27,32). The van der Waals surface area contributed by atoms with Crippen molar-refractivity contribution in [3.63, 3.8) is 0 Å². The number of para-hydroxylation sites is 1. The predicted octanol–water partition coefficient (Wildman–Crippen LogP) is 3.91. The third-order valence-electron chi connectivity index (χ3n) is 5.89. The Morgan fingerprint density at radius 1 is 1.03 bits per heavy atom. The van der Waals surface area contributed by atoms with Crippen LogP contribution in [0, 0.1) is 0 Å². The highest BCUT2D eigenvalue weighted by Crippen LogP contribution is 2.24. The zero-order valence-electron chi connectivity index (χ0n) is 17.9. The highest BCUT2D eigenvalue weighted by atomic mass is 16.1. The van der Waals surface area contributed by atoms with Crippen LogP contribution in [0.1, 0.15) is 29.6 Å². The van der Waals surface area contributed by atoms with Crippen molar-refractivity contribution >= 4 is 22.8 Å². The van der Waals surface area contributed by atoms with E-state index in [2.05, 4.69) is 49.1 Å². The number of carbonyl (C=O) groups is 1. The fourth-order valence-corrected chi connectivity index (χ4v) is 4.21. The zero-order valence-corrected chi connectivity index (χ0v) is 17.9. The van der Waals surface area contributed by atoms with Gasteiger partial charge in [-0.15, -0.1) is 0 Å². The van der Waals surface area contributed by atoms with Crippen LogP contribution in [-0.2, 0) is 6.54 Å². The van der Waals surface area contributed by atoms with E-state index in [1.165, 1.54) is 10.9 Å². The zero-order chi connectivity index (χ0) is 21.8. The number of anilines is 1. The van der Waals surface area contributed by atoms with E-state index in [9.17, 15) is 4.79 Å². The van der Waals surface area contributed by atoms with E-state index in [0.717, 1.165) is 44.5 Å². The first-order valence-electron chi connectivity index (χ1n) is 11.1. The number of carbonyl (C=O) groups excluding carboxylic acids is 1. The Morgan fingerprint density at radius 3 is 2.75 bits per heavy atom. The molecule has 1 aliphatic heterocycles. The van der Waals surface area contributed by atoms with Crippen LogP contribution in [0.3, 0.4) is 0 Å². The molecule has 4 heterocycles. The Labute approximate surface area is 187 Å². The highest BCUT2D eigenvalue weighted by Gasteiger charge is 2.20. The fraction of sp³-hybridized carbons (Fsp3) is 0.280. The molecule has 0 bridgehead atoms. The van der Waals surface area contributed by atoms with E-state index < -0.39 is 0 Å². The molecule has 0 unspecified atom stereocenters. The molecule has 0 atom stereocenters. The molecule has 1 aliphatic rings. The summed E-state index contributed by atoms with van der Waals surface area (Å²) in [6.07, 6.45) is 10.3. The van der Waals surface area contributed by atoms with E-state index in [0.29, 0.717) is 23.8 Å². The van der Waals surface area contributed by atoms with Gasteiger partial charge in [-0.1, -0.05) is 18.2 Å². The van der Waals surface area contributed by atoms with Crippen molar-refractivity contribution in [2.24, 2.45) is 0 Å². The summed E-state index contributed by atoms with van der Waals surface area (Å²) in [4.78, 5) is 28.7. The van der Waals surface area contributed by atoms with E-state index in [1.807, 2.05) is 24.3 Å². The number of nitrogens with zero attached hydrogens (tertiary/aromatic N) is 5. The van der Waals surface area contributed by atoms with E-state index in [-0.39, 0.29) is 5.91 Å². The summed E-state index contributed by atoms with van der Waals surface area (Å²) in [5, 5.41) is 4.27. The van der Waals surface area contributed by atoms with Crippen molar-refractivity contribution in [1.82, 2.24) is 24.8 Å². The maximum atomic E-state index is 13.0. The molecule has 4 aromatic rings. The van der Waals surface area contributed by atoms with Crippen LogP contribution < -0.4 is 10.2 Å². The van der Waals surface area contributed by atoms with Gasteiger partial charge in [0.2, 0.25) is 5.95 Å². The number of amides is 1. The van der Waals surface area contributed by atoms with Crippen molar-refractivity contribution in [3.05, 3.63) is 72.8 Å². The van der Waals surface area contributed by atoms with Gasteiger partial charge in [0.15, 0.2) is 0 Å². The molecule has 1 fully saturated rings. The molecule has 0 radical (unpaired) electrons. The van der Waals surface area contributed by atoms with Crippen molar-refractivity contribution < 1.29 is 4.79 Å². The van der Waals surface area contributed by atoms with Gasteiger partial charge in [0.1, 0.15) is 0 Å². The molecule has 1 saturated heterocycles. The monoisotopic (exact) mass is 426 g/mol. The SMILES string of the molecule is O=C(NCCCn1ccc2ccccc21)c1cnc(N2CCCC2)nc1-c1cccnc1. The first kappa shape index (κ1) is 20.2. The Bertz CT molecular complexity index is 1210. The molecule has 7 heteroatoms. The molecule has 1 N–H and O–H groups in total. The maximum Gasteiger partial charge on any atom is 0.255 e. The number of hydrogen-bond donors (Lipinski definition) is 1. The fourth-order valence-electron chi connectivity index (χ4n) is 4.21. The second kappa shape index (κ2) is 9.18. The Kier molecular flexibility index (Phi) is 5.79. The summed E-state index contributed by atoms with van der Waals surface area (Å²) < 4.78 is 2.22. The van der Waals surface area contributed by atoms with Crippen LogP contribution in [0.25, 0.3) is 22.2 Å². The van der Waals surface area contributed by atoms with Gasteiger partial charge in [-0.2, -0.15) is 0 Å². The van der Waals surface area contributed by atoms with Gasteiger partial charge >= 0.3 is 0 Å². The minimum Gasteiger partial charge on any atom is -0.352 e. The molecule has 162 valence electrons. The first-order chi connectivity index (χ1) is 15.8. The molecular weight excluding hydrogens is 400 g/mol. The van der Waals surface area contributed by atoms with Gasteiger partial charge in [-0.05, 0) is 48.9 Å². The molecule has 5 rings (SSSR count). The lowest BCUT2D eigenvalue weighted by Crippen LogP contribution is -2.27. The van der Waals surface area contributed by atoms with Crippen molar-refractivity contribution in [3.8, 4) is 11.3 Å². The quantitative estimate of drug-likeness (QED) is 0.454. The molecular formula is C25H26N6O. The number of hydrogen-bond acceptors (Lipinski definition) is 5. The lowest BCUT2D eigenvalue weighted by Gasteiger charge is -2.17. The second-order valence-corrected chi connectivity index (χ2v) is 8.05. The number of fused-ring (bicyclic) bond motifs is 1. The van der Waals surface area contributed by atoms with Crippen molar-refractivity contribution in [2.75, 3.05) is 24.5 Å². The lowest BCUT2D eigenvalue weighted by molar-refractivity contribution is 0.0953. The molecule has 3 aromatic heterocycles. The van der Waals surface area contributed by atoms with Gasteiger partial charge in [-0.25, -0.2) is 9.97 Å². The second-order valence-electron chi connectivity index (χ2n) is 8.05. The topological polar surface area (TPSA) is 75.9 Å². The third kappa shape index (κ3) is 4.19. The lowest BCUT2D eigenvalue weighted by atomic mass is 10.1. The molecule has 0 spiro atoms. The van der Waals surface area contributed by atoms with Crippen LogP contribution in [0.15, 0.2) is 67.3 Å². The van der Waals surface area contributed by atoms with Crippen LogP contribution in [0.4, 0.5) is 5.95 Å². The summed E-state index contributed by atoms with van der Waals surface area (Å²) in [6.45, 7) is 3.32. The van der Waals surface area contributed by atoms with Gasteiger partial charge in [0.25, 0.3) is 5.91 Å². The molecule has 0 aliphatic carbocycles. The Balaban J connectivity index is 1.29. The van der Waals surface area contributed by atoms with Crippen LogP contribution >= 0.6 is 0 Å². The van der Waals surface area contributed by atoms with Crippen molar-refractivity contribution in [1.29, 1.82) is 0 Å². The summed E-state index contributed by atoms with van der Waals surface area (Å²) in [5.41, 5.74) is 3.14. The number of rotatable bonds is 7. The minimum absolute atomic E-state index is 0.158. The number of nitrogens with one attached hydrogen (secondary N) is 1. The van der Waals surface area contributed by atoms with Crippen LogP contribution in [0.2, 0.25) is 0 Å². The predicted molar refractivity (Wildman–Crippen MR) is 126 cm³/mol. The largest absolute Gasteiger partial charge is 0.352 e. The van der Waals surface area contributed by atoms with E-state index in [1.54, 1.807) is 18.6 Å². The smallest absolute Gasteiger partial charge is 0.255 e. The molecule has 0 saturated carbocycles. The van der Waals surface area contributed by atoms with Gasteiger partial charge in [0, 0.05) is 62.0 Å². The Hall–Kier alpha value is -3.74. The summed E-state index contributed by atoms with van der Waals surface area (Å²) in [6, 6.07) is 14.2. The molecule has 7 nitrogen and oxygen atoms in total. The van der Waals surface area contributed by atoms with Crippen LogP contribution in [-0.4, -0.2) is 45.1 Å². The number of aryl methyl sites for hydroxylation is 1. The Morgan fingerprint density at radius 2 is 1.91 bits per heavy atom. The summed E-state index contributed by atoms with van der Waals surface area (Å²) in [5.74, 6) is 0.520. The average molecular weight is 427 g/mol. The van der Waals surface area contributed by atoms with E-state index in [4.69, 9.17) is 4.98 Å². The van der Waals surface area contributed by atoms with E-state index >= 15 is 0 Å². The first-order valence-corrected chi connectivity index (χ1v) is 11.1. The number of aromatic nitrogens is 4. The minimum atomic E-state index is -0.158. The molecule has 1 amide bonds. The summed E-state index contributed by atoms with van der Waals surface area (Å²) >= 11 is 0. The summed E-state index contributed by atoms with van der Waals surface area (Å²) in [7, 11) is 0. The number of pyridine rings is 1. The molecule has 32 heavy (non-hydrogen) atoms.